The zero-order valence-corrected chi connectivity index (χ0v) is 8.13. The molecular weight excluding hydrogens is 194 g/mol. The van der Waals surface area contributed by atoms with E-state index < -0.39 is 0 Å². The van der Waals surface area contributed by atoms with Crippen LogP contribution in [0.3, 0.4) is 0 Å². The molecule has 5 nitrogen and oxygen atoms in total. The third-order valence-corrected chi connectivity index (χ3v) is 2.75. The Bertz CT molecular complexity index is 636. The third-order valence-electron chi connectivity index (χ3n) is 2.75. The van der Waals surface area contributed by atoms with Crippen molar-refractivity contribution in [2.24, 2.45) is 7.05 Å². The highest BCUT2D eigenvalue weighted by molar-refractivity contribution is 6.01. The largest absolute Gasteiger partial charge is 0.326 e. The fourth-order valence-corrected chi connectivity index (χ4v) is 1.95. The molecule has 0 radical (unpaired) electrons. The maximum Gasteiger partial charge on any atom is 0.326 e. The summed E-state index contributed by atoms with van der Waals surface area (Å²) in [6, 6.07) is 3.68. The van der Waals surface area contributed by atoms with Crippen LogP contribution < -0.4 is 11.0 Å². The van der Waals surface area contributed by atoms with Crippen LogP contribution in [0.1, 0.15) is 5.56 Å². The molecule has 0 atom stereocenters. The Morgan fingerprint density at radius 2 is 2.13 bits per heavy atom. The lowest BCUT2D eigenvalue weighted by Gasteiger charge is -1.99. The number of nitrogens with zero attached hydrogens (tertiary/aromatic N) is 1. The van der Waals surface area contributed by atoms with E-state index in [1.54, 1.807) is 17.7 Å². The molecule has 0 saturated heterocycles. The number of carbonyl (C=O) groups excluding carboxylic acids is 1. The van der Waals surface area contributed by atoms with E-state index >= 15 is 0 Å². The summed E-state index contributed by atoms with van der Waals surface area (Å²) in [6.07, 6.45) is 0.393. The molecule has 76 valence electrons. The SMILES string of the molecule is Cn1c(=O)[nH]c2cc3c(cc21)CC(=O)N3. The van der Waals surface area contributed by atoms with Crippen LogP contribution in [0.4, 0.5) is 5.69 Å². The van der Waals surface area contributed by atoms with Gasteiger partial charge in [-0.15, -0.1) is 0 Å². The van der Waals surface area contributed by atoms with Gasteiger partial charge in [0.2, 0.25) is 5.91 Å². The number of aromatic amines is 1. The van der Waals surface area contributed by atoms with Crippen molar-refractivity contribution in [3.8, 4) is 0 Å². The Morgan fingerprint density at radius 1 is 1.33 bits per heavy atom. The normalized spacial score (nSPS) is 14.3. The lowest BCUT2D eigenvalue weighted by atomic mass is 10.1. The molecule has 15 heavy (non-hydrogen) atoms. The van der Waals surface area contributed by atoms with Gasteiger partial charge < -0.3 is 10.3 Å². The van der Waals surface area contributed by atoms with Gasteiger partial charge >= 0.3 is 5.69 Å². The zero-order chi connectivity index (χ0) is 10.6. The van der Waals surface area contributed by atoms with Gasteiger partial charge in [-0.1, -0.05) is 0 Å². The molecule has 1 amide bonds. The topological polar surface area (TPSA) is 66.9 Å². The third kappa shape index (κ3) is 1.03. The molecule has 2 aromatic rings. The van der Waals surface area contributed by atoms with Gasteiger partial charge in [-0.3, -0.25) is 9.36 Å². The number of fused-ring (bicyclic) bond motifs is 2. The number of rotatable bonds is 0. The zero-order valence-electron chi connectivity index (χ0n) is 8.13. The molecule has 1 aromatic carbocycles. The number of aromatic nitrogens is 2. The van der Waals surface area contributed by atoms with Crippen LogP contribution in [0.25, 0.3) is 11.0 Å². The number of H-pyrrole nitrogens is 1. The summed E-state index contributed by atoms with van der Waals surface area (Å²) in [7, 11) is 1.71. The van der Waals surface area contributed by atoms with Crippen molar-refractivity contribution in [1.82, 2.24) is 9.55 Å². The number of anilines is 1. The Hall–Kier alpha value is -2.04. The van der Waals surface area contributed by atoms with Crippen molar-refractivity contribution >= 4 is 22.6 Å². The van der Waals surface area contributed by atoms with Crippen molar-refractivity contribution in [3.63, 3.8) is 0 Å². The lowest BCUT2D eigenvalue weighted by Crippen LogP contribution is -2.11. The molecule has 0 spiro atoms. The second kappa shape index (κ2) is 2.50. The summed E-state index contributed by atoms with van der Waals surface area (Å²) in [6.45, 7) is 0. The second-order valence-corrected chi connectivity index (χ2v) is 3.74. The molecule has 1 aliphatic heterocycles. The first kappa shape index (κ1) is 8.28. The van der Waals surface area contributed by atoms with Crippen LogP contribution in [-0.4, -0.2) is 15.5 Å². The Balaban J connectivity index is 2.38. The number of aryl methyl sites for hydroxylation is 1. The highest BCUT2D eigenvalue weighted by atomic mass is 16.2. The van der Waals surface area contributed by atoms with Crippen molar-refractivity contribution < 1.29 is 4.79 Å². The van der Waals surface area contributed by atoms with Gasteiger partial charge in [0.05, 0.1) is 17.5 Å². The quantitative estimate of drug-likeness (QED) is 0.649. The fourth-order valence-electron chi connectivity index (χ4n) is 1.95. The summed E-state index contributed by atoms with van der Waals surface area (Å²) in [4.78, 5) is 25.2. The molecule has 0 unspecified atom stereocenters. The number of benzene rings is 1. The van der Waals surface area contributed by atoms with Crippen molar-refractivity contribution in [3.05, 3.63) is 28.2 Å². The highest BCUT2D eigenvalue weighted by Gasteiger charge is 2.19. The molecule has 1 aliphatic rings. The van der Waals surface area contributed by atoms with Crippen LogP contribution in [0.5, 0.6) is 0 Å². The number of imidazole rings is 1. The minimum Gasteiger partial charge on any atom is -0.325 e. The molecule has 0 bridgehead atoms. The number of hydrogen-bond donors (Lipinski definition) is 2. The second-order valence-electron chi connectivity index (χ2n) is 3.74. The van der Waals surface area contributed by atoms with Crippen LogP contribution in [0, 0.1) is 0 Å². The van der Waals surface area contributed by atoms with Gasteiger partial charge in [0.25, 0.3) is 0 Å². The molecule has 1 aromatic heterocycles. The minimum absolute atomic E-state index is 0.00246. The van der Waals surface area contributed by atoms with Crippen LogP contribution in [0.2, 0.25) is 0 Å². The fraction of sp³-hybridized carbons (Fsp3) is 0.200. The van der Waals surface area contributed by atoms with Gasteiger partial charge in [-0.05, 0) is 17.7 Å². The summed E-state index contributed by atoms with van der Waals surface area (Å²) in [5.74, 6) is 0.00246. The number of carbonyl (C=O) groups is 1. The predicted molar refractivity (Wildman–Crippen MR) is 55.9 cm³/mol. The van der Waals surface area contributed by atoms with Crippen LogP contribution in [-0.2, 0) is 18.3 Å². The van der Waals surface area contributed by atoms with E-state index in [-0.39, 0.29) is 11.6 Å². The maximum atomic E-state index is 11.4. The van der Waals surface area contributed by atoms with Gasteiger partial charge in [-0.25, -0.2) is 4.79 Å². The smallest absolute Gasteiger partial charge is 0.325 e. The minimum atomic E-state index is -0.139. The first-order chi connectivity index (χ1) is 7.15. The molecule has 2 N–H and O–H groups in total. The van der Waals surface area contributed by atoms with E-state index in [9.17, 15) is 9.59 Å². The maximum absolute atomic E-state index is 11.4. The Morgan fingerprint density at radius 3 is 2.93 bits per heavy atom. The number of amides is 1. The first-order valence-electron chi connectivity index (χ1n) is 4.66. The van der Waals surface area contributed by atoms with Crippen LogP contribution >= 0.6 is 0 Å². The van der Waals surface area contributed by atoms with Crippen LogP contribution in [0.15, 0.2) is 16.9 Å². The molecule has 0 aliphatic carbocycles. The molecule has 0 fully saturated rings. The first-order valence-corrected chi connectivity index (χ1v) is 4.66. The monoisotopic (exact) mass is 203 g/mol. The molecule has 0 saturated carbocycles. The molecule has 2 heterocycles. The molecule has 3 rings (SSSR count). The highest BCUT2D eigenvalue weighted by Crippen LogP contribution is 2.26. The summed E-state index contributed by atoms with van der Waals surface area (Å²) < 4.78 is 1.54. The standard InChI is InChI=1S/C10H9N3O2/c1-13-8-2-5-3-9(14)11-6(5)4-7(8)12-10(13)15/h2,4H,3H2,1H3,(H,11,14)(H,12,15). The number of hydrogen-bond acceptors (Lipinski definition) is 2. The molecule has 5 heteroatoms. The predicted octanol–water partition coefficient (Wildman–Crippen LogP) is 0.361. The summed E-state index contributed by atoms with van der Waals surface area (Å²) >= 11 is 0. The van der Waals surface area contributed by atoms with E-state index in [0.717, 1.165) is 22.3 Å². The van der Waals surface area contributed by atoms with Crippen molar-refractivity contribution in [2.45, 2.75) is 6.42 Å². The molecular formula is C10H9N3O2. The van der Waals surface area contributed by atoms with E-state index in [1.807, 2.05) is 6.07 Å². The van der Waals surface area contributed by atoms with Crippen molar-refractivity contribution in [2.75, 3.05) is 5.32 Å². The number of nitrogens with one attached hydrogen (secondary N) is 2. The average molecular weight is 203 g/mol. The average Bonchev–Trinajstić information content (AvgIpc) is 2.65. The van der Waals surface area contributed by atoms with E-state index in [1.165, 1.54) is 0 Å². The summed E-state index contributed by atoms with van der Waals surface area (Å²) in [5, 5.41) is 2.75. The van der Waals surface area contributed by atoms with E-state index in [0.29, 0.717) is 6.42 Å². The van der Waals surface area contributed by atoms with Gasteiger partial charge in [0, 0.05) is 12.7 Å². The van der Waals surface area contributed by atoms with Gasteiger partial charge in [-0.2, -0.15) is 0 Å². The Labute approximate surface area is 84.7 Å². The Kier molecular flexibility index (Phi) is 1.38. The lowest BCUT2D eigenvalue weighted by molar-refractivity contribution is -0.115. The van der Waals surface area contributed by atoms with E-state index in [4.69, 9.17) is 0 Å². The van der Waals surface area contributed by atoms with Gasteiger partial charge in [0.1, 0.15) is 0 Å². The van der Waals surface area contributed by atoms with E-state index in [2.05, 4.69) is 10.3 Å². The summed E-state index contributed by atoms with van der Waals surface area (Å²) in [5.41, 5.74) is 3.19. The van der Waals surface area contributed by atoms with Gasteiger partial charge in [0.15, 0.2) is 0 Å². The van der Waals surface area contributed by atoms with Crippen molar-refractivity contribution in [1.29, 1.82) is 0 Å².